The molecule has 1 aromatic heterocycles. The van der Waals surface area contributed by atoms with E-state index in [4.69, 9.17) is 9.84 Å². The molecule has 4 nitrogen and oxygen atoms in total. The number of Topliss-reactive ketones (excluding diaryl/α,β-unsaturated/α-hetero) is 1. The fraction of sp³-hybridized carbons (Fsp3) is 0.318. The fourth-order valence-corrected chi connectivity index (χ4v) is 3.93. The number of nitrogens with one attached hydrogen (secondary N) is 1. The van der Waals surface area contributed by atoms with Crippen molar-refractivity contribution in [1.29, 1.82) is 0 Å². The lowest BCUT2D eigenvalue weighted by molar-refractivity contribution is 0.102. The van der Waals surface area contributed by atoms with Gasteiger partial charge in [-0.2, -0.15) is 0 Å². The number of para-hydroxylation sites is 1. The summed E-state index contributed by atoms with van der Waals surface area (Å²) < 4.78 is 5.79. The van der Waals surface area contributed by atoms with Crippen molar-refractivity contribution in [1.82, 2.24) is 4.98 Å². The van der Waals surface area contributed by atoms with E-state index < -0.39 is 0 Å². The maximum Gasteiger partial charge on any atom is 0.192 e. The molecule has 0 aliphatic heterocycles. The molecule has 2 N–H and O–H groups in total. The first-order chi connectivity index (χ1) is 12.5. The number of hydrogen-bond acceptors (Lipinski definition) is 3. The van der Waals surface area contributed by atoms with Gasteiger partial charge < -0.3 is 14.8 Å². The number of aromatic nitrogens is 1. The van der Waals surface area contributed by atoms with E-state index >= 15 is 0 Å². The predicted molar refractivity (Wildman–Crippen MR) is 102 cm³/mol. The van der Waals surface area contributed by atoms with E-state index in [0.29, 0.717) is 19.4 Å². The highest BCUT2D eigenvalue weighted by molar-refractivity contribution is 6.19. The van der Waals surface area contributed by atoms with Gasteiger partial charge in [0.25, 0.3) is 0 Å². The molecular weight excluding hydrogens is 326 g/mol. The molecule has 4 rings (SSSR count). The Hall–Kier alpha value is -2.59. The third kappa shape index (κ3) is 2.53. The van der Waals surface area contributed by atoms with Crippen molar-refractivity contribution in [2.75, 3.05) is 13.2 Å². The van der Waals surface area contributed by atoms with E-state index in [1.807, 2.05) is 42.5 Å². The molecule has 0 spiro atoms. The Kier molecular flexibility index (Phi) is 4.08. The maximum atomic E-state index is 13.3. The third-order valence-corrected chi connectivity index (χ3v) is 5.29. The van der Waals surface area contributed by atoms with Crippen LogP contribution in [0.25, 0.3) is 10.9 Å². The summed E-state index contributed by atoms with van der Waals surface area (Å²) in [7, 11) is 0. The van der Waals surface area contributed by atoms with E-state index in [0.717, 1.165) is 39.1 Å². The van der Waals surface area contributed by atoms with Crippen molar-refractivity contribution < 1.29 is 14.6 Å². The molecule has 134 valence electrons. The molecule has 1 aromatic carbocycles. The zero-order valence-corrected chi connectivity index (χ0v) is 15.1. The van der Waals surface area contributed by atoms with Gasteiger partial charge in [-0.25, -0.2) is 0 Å². The lowest BCUT2D eigenvalue weighted by Gasteiger charge is -2.33. The normalized spacial score (nSPS) is 18.4. The van der Waals surface area contributed by atoms with Crippen LogP contribution in [0.4, 0.5) is 0 Å². The number of hydrogen-bond donors (Lipinski definition) is 2. The molecule has 2 aliphatic rings. The molecule has 4 heteroatoms. The molecule has 2 aliphatic carbocycles. The minimum atomic E-state index is -0.324. The van der Waals surface area contributed by atoms with Crippen molar-refractivity contribution in [3.05, 3.63) is 70.7 Å². The second-order valence-electron chi connectivity index (χ2n) is 7.35. The highest BCUT2D eigenvalue weighted by Crippen LogP contribution is 2.45. The van der Waals surface area contributed by atoms with Crippen molar-refractivity contribution in [2.24, 2.45) is 0 Å². The van der Waals surface area contributed by atoms with Crippen molar-refractivity contribution in [3.8, 4) is 0 Å². The number of carbonyl (C=O) groups is 1. The van der Waals surface area contributed by atoms with E-state index in [9.17, 15) is 4.79 Å². The summed E-state index contributed by atoms with van der Waals surface area (Å²) in [6.45, 7) is 4.86. The summed E-state index contributed by atoms with van der Waals surface area (Å²) in [6.07, 6.45) is 7.08. The number of aliphatic hydroxyl groups is 1. The second-order valence-corrected chi connectivity index (χ2v) is 7.35. The predicted octanol–water partition coefficient (Wildman–Crippen LogP) is 4.18. The molecule has 0 saturated carbocycles. The fourth-order valence-electron chi connectivity index (χ4n) is 3.93. The number of aromatic amines is 1. The molecule has 0 saturated heterocycles. The molecule has 2 aromatic rings. The lowest BCUT2D eigenvalue weighted by Crippen LogP contribution is -2.30. The van der Waals surface area contributed by atoms with Gasteiger partial charge in [-0.3, -0.25) is 4.79 Å². The molecule has 0 fully saturated rings. The van der Waals surface area contributed by atoms with E-state index in [-0.39, 0.29) is 17.8 Å². The van der Waals surface area contributed by atoms with Crippen LogP contribution in [0.15, 0.2) is 59.4 Å². The number of allylic oxidation sites excluding steroid dienone is 5. The number of carbonyl (C=O) groups excluding carboxylic acids is 1. The third-order valence-electron chi connectivity index (χ3n) is 5.29. The Balaban J connectivity index is 1.84. The van der Waals surface area contributed by atoms with Crippen LogP contribution < -0.4 is 0 Å². The average molecular weight is 349 g/mol. The molecule has 1 heterocycles. The summed E-state index contributed by atoms with van der Waals surface area (Å²) in [4.78, 5) is 16.8. The van der Waals surface area contributed by atoms with Gasteiger partial charge in [0.05, 0.1) is 12.2 Å². The molecule has 0 unspecified atom stereocenters. The molecular formula is C22H23NO3. The maximum absolute atomic E-state index is 13.3. The highest BCUT2D eigenvalue weighted by Gasteiger charge is 2.40. The summed E-state index contributed by atoms with van der Waals surface area (Å²) >= 11 is 0. The van der Waals surface area contributed by atoms with Crippen molar-refractivity contribution >= 4 is 16.7 Å². The van der Waals surface area contributed by atoms with Crippen LogP contribution >= 0.6 is 0 Å². The first kappa shape index (κ1) is 16.9. The first-order valence-corrected chi connectivity index (χ1v) is 9.05. The number of H-pyrrole nitrogens is 1. The molecule has 26 heavy (non-hydrogen) atoms. The van der Waals surface area contributed by atoms with E-state index in [1.165, 1.54) is 0 Å². The van der Waals surface area contributed by atoms with Gasteiger partial charge in [0.2, 0.25) is 0 Å². The number of rotatable bonds is 4. The van der Waals surface area contributed by atoms with Crippen LogP contribution in [0.5, 0.6) is 0 Å². The summed E-state index contributed by atoms with van der Waals surface area (Å²) in [6, 6.07) is 7.98. The standard InChI is InChI=1S/C22H23NO3/c1-22(2)17-13-14(26-12-6-11-24)7-5-9-15(17)20(25)19-16-8-3-4-10-18(16)23-21(19)22/h3-5,7-8,10,13,23-24H,6,9,11-12H2,1-2H3. The van der Waals surface area contributed by atoms with Crippen LogP contribution in [0.2, 0.25) is 0 Å². The largest absolute Gasteiger partial charge is 0.494 e. The summed E-state index contributed by atoms with van der Waals surface area (Å²) in [5, 5.41) is 9.95. The zero-order chi connectivity index (χ0) is 18.3. The quantitative estimate of drug-likeness (QED) is 0.814. The van der Waals surface area contributed by atoms with Gasteiger partial charge in [0, 0.05) is 40.6 Å². The number of ether oxygens (including phenoxy) is 1. The average Bonchev–Trinajstić information content (AvgIpc) is 2.89. The van der Waals surface area contributed by atoms with Crippen LogP contribution in [0.1, 0.15) is 42.7 Å². The van der Waals surface area contributed by atoms with Crippen molar-refractivity contribution in [2.45, 2.75) is 32.1 Å². The van der Waals surface area contributed by atoms with Gasteiger partial charge in [-0.1, -0.05) is 38.1 Å². The van der Waals surface area contributed by atoms with Crippen LogP contribution in [-0.4, -0.2) is 29.1 Å². The monoisotopic (exact) mass is 349 g/mol. The van der Waals surface area contributed by atoms with Crippen LogP contribution in [0.3, 0.4) is 0 Å². The molecule has 0 atom stereocenters. The topological polar surface area (TPSA) is 62.3 Å². The Morgan fingerprint density at radius 1 is 1.27 bits per heavy atom. The number of fused-ring (bicyclic) bond motifs is 3. The minimum Gasteiger partial charge on any atom is -0.494 e. The van der Waals surface area contributed by atoms with E-state index in [1.54, 1.807) is 0 Å². The first-order valence-electron chi connectivity index (χ1n) is 9.05. The zero-order valence-electron chi connectivity index (χ0n) is 15.1. The van der Waals surface area contributed by atoms with Gasteiger partial charge in [-0.15, -0.1) is 0 Å². The summed E-state index contributed by atoms with van der Waals surface area (Å²) in [5.41, 5.74) is 4.28. The Morgan fingerprint density at radius 2 is 2.08 bits per heavy atom. The van der Waals surface area contributed by atoms with Crippen molar-refractivity contribution in [3.63, 3.8) is 0 Å². The Morgan fingerprint density at radius 3 is 2.88 bits per heavy atom. The van der Waals surface area contributed by atoms with Gasteiger partial charge in [0.15, 0.2) is 5.78 Å². The van der Waals surface area contributed by atoms with Crippen LogP contribution in [0, 0.1) is 0 Å². The van der Waals surface area contributed by atoms with Gasteiger partial charge in [0.1, 0.15) is 5.76 Å². The summed E-state index contributed by atoms with van der Waals surface area (Å²) in [5.74, 6) is 0.841. The molecule has 0 radical (unpaired) electrons. The second kappa shape index (κ2) is 6.29. The number of aliphatic hydroxyl groups excluding tert-OH is 1. The van der Waals surface area contributed by atoms with Gasteiger partial charge in [-0.05, 0) is 30.2 Å². The minimum absolute atomic E-state index is 0.101. The molecule has 0 amide bonds. The molecule has 0 bridgehead atoms. The SMILES string of the molecule is CC1(C)C2=C(CC=CC(OCCCO)=C2)C(=O)c2c1[nH]c1ccccc21. The smallest absolute Gasteiger partial charge is 0.192 e. The Bertz CT molecular complexity index is 972. The number of benzene rings is 1. The van der Waals surface area contributed by atoms with E-state index in [2.05, 4.69) is 18.8 Å². The Labute approximate surface area is 152 Å². The highest BCUT2D eigenvalue weighted by atomic mass is 16.5. The number of ketones is 1. The van der Waals surface area contributed by atoms with Crippen LogP contribution in [-0.2, 0) is 10.2 Å². The lowest BCUT2D eigenvalue weighted by atomic mass is 9.70. The van der Waals surface area contributed by atoms with Gasteiger partial charge >= 0.3 is 0 Å².